The van der Waals surface area contributed by atoms with Gasteiger partial charge in [-0.2, -0.15) is 9.38 Å². The van der Waals surface area contributed by atoms with Gasteiger partial charge in [0.1, 0.15) is 0 Å². The number of guanidine groups is 2. The van der Waals surface area contributed by atoms with Crippen LogP contribution in [0.2, 0.25) is 0 Å². The van der Waals surface area contributed by atoms with E-state index in [2.05, 4.69) is 9.98 Å². The first-order chi connectivity index (χ1) is 7.40. The Kier molecular flexibility index (Phi) is 3.24. The Hall–Kier alpha value is -2.38. The average molecular weight is 229 g/mol. The molecule has 0 radical (unpaired) electrons. The second kappa shape index (κ2) is 4.43. The van der Waals surface area contributed by atoms with E-state index in [-0.39, 0.29) is 17.6 Å². The third kappa shape index (κ3) is 2.80. The lowest BCUT2D eigenvalue weighted by Gasteiger charge is -2.00. The van der Waals surface area contributed by atoms with E-state index in [9.17, 15) is 8.78 Å². The van der Waals surface area contributed by atoms with Gasteiger partial charge in [-0.3, -0.25) is 0 Å². The van der Waals surface area contributed by atoms with Crippen LogP contribution in [-0.4, -0.2) is 17.0 Å². The number of halogens is 2. The number of aliphatic imine (C=N–C) groups is 2. The number of phenolic OH excluding ortho intramolecular Hbond substituents is 1. The third-order valence-electron chi connectivity index (χ3n) is 1.48. The summed E-state index contributed by atoms with van der Waals surface area (Å²) in [5.41, 5.74) is 15.2. The van der Waals surface area contributed by atoms with E-state index >= 15 is 0 Å². The van der Waals surface area contributed by atoms with Crippen LogP contribution in [0.1, 0.15) is 0 Å². The van der Waals surface area contributed by atoms with Crippen molar-refractivity contribution in [1.29, 1.82) is 0 Å². The van der Waals surface area contributed by atoms with Gasteiger partial charge in [-0.25, -0.2) is 9.38 Å². The van der Waals surface area contributed by atoms with Gasteiger partial charge in [-0.05, 0) is 0 Å². The van der Waals surface area contributed by atoms with Crippen molar-refractivity contribution >= 4 is 17.6 Å². The van der Waals surface area contributed by atoms with Gasteiger partial charge in [0.2, 0.25) is 5.96 Å². The second-order valence-electron chi connectivity index (χ2n) is 2.77. The molecule has 0 fully saturated rings. The van der Waals surface area contributed by atoms with Gasteiger partial charge in [0.25, 0.3) is 0 Å². The molecule has 1 aromatic rings. The monoisotopic (exact) mass is 229 g/mol. The highest BCUT2D eigenvalue weighted by atomic mass is 19.2. The maximum atomic E-state index is 12.8. The fourth-order valence-electron chi connectivity index (χ4n) is 0.915. The average Bonchev–Trinajstić information content (AvgIpc) is 2.12. The molecule has 1 rings (SSSR count). The number of aromatic hydroxyl groups is 1. The largest absolute Gasteiger partial charge is 0.505 e. The Bertz CT molecular complexity index is 444. The summed E-state index contributed by atoms with van der Waals surface area (Å²) in [4.78, 5) is 6.90. The number of benzene rings is 1. The molecule has 1 aromatic carbocycles. The SMILES string of the molecule is NC(N)=NC(N)=Nc1cc(O)c(F)c(F)c1. The molecule has 7 N–H and O–H groups in total. The first-order valence-electron chi connectivity index (χ1n) is 4.02. The standard InChI is InChI=1S/C8H9F2N5O/c9-4-1-3(2-5(16)6(4)10)14-8(13)15-7(11)12/h1-2,16H,(H6,11,12,13,14,15). The molecule has 0 saturated heterocycles. The predicted molar refractivity (Wildman–Crippen MR) is 55.1 cm³/mol. The highest BCUT2D eigenvalue weighted by Crippen LogP contribution is 2.25. The van der Waals surface area contributed by atoms with Gasteiger partial charge in [0.05, 0.1) is 5.69 Å². The molecular formula is C8H9F2N5O. The van der Waals surface area contributed by atoms with E-state index in [0.717, 1.165) is 12.1 Å². The third-order valence-corrected chi connectivity index (χ3v) is 1.48. The number of hydrogen-bond acceptors (Lipinski definition) is 2. The predicted octanol–water partition coefficient (Wildman–Crippen LogP) is -0.110. The quantitative estimate of drug-likeness (QED) is 0.396. The molecule has 0 aliphatic carbocycles. The van der Waals surface area contributed by atoms with E-state index in [1.807, 2.05) is 0 Å². The van der Waals surface area contributed by atoms with Gasteiger partial charge in [0.15, 0.2) is 23.3 Å². The molecule has 0 aliphatic rings. The summed E-state index contributed by atoms with van der Waals surface area (Å²) in [6.07, 6.45) is 0. The molecule has 0 unspecified atom stereocenters. The Morgan fingerprint density at radius 2 is 1.81 bits per heavy atom. The summed E-state index contributed by atoms with van der Waals surface area (Å²) >= 11 is 0. The Labute approximate surface area is 89.1 Å². The lowest BCUT2D eigenvalue weighted by molar-refractivity contribution is 0.407. The van der Waals surface area contributed by atoms with Crippen LogP contribution in [0.25, 0.3) is 0 Å². The van der Waals surface area contributed by atoms with Crippen LogP contribution in [-0.2, 0) is 0 Å². The summed E-state index contributed by atoms with van der Waals surface area (Å²) in [5.74, 6) is -4.16. The van der Waals surface area contributed by atoms with Gasteiger partial charge in [-0.1, -0.05) is 0 Å². The van der Waals surface area contributed by atoms with E-state index < -0.39 is 17.4 Å². The van der Waals surface area contributed by atoms with E-state index in [1.54, 1.807) is 0 Å². The van der Waals surface area contributed by atoms with Crippen LogP contribution in [0.15, 0.2) is 22.1 Å². The first-order valence-corrected chi connectivity index (χ1v) is 4.02. The highest BCUT2D eigenvalue weighted by molar-refractivity contribution is 5.93. The van der Waals surface area contributed by atoms with Crippen LogP contribution in [0.4, 0.5) is 14.5 Å². The zero-order valence-electron chi connectivity index (χ0n) is 7.98. The number of nitrogens with zero attached hydrogens (tertiary/aromatic N) is 2. The maximum absolute atomic E-state index is 12.8. The molecule has 8 heteroatoms. The minimum absolute atomic E-state index is 0.112. The van der Waals surface area contributed by atoms with Crippen LogP contribution in [0.5, 0.6) is 5.75 Å². The van der Waals surface area contributed by atoms with Crippen molar-refractivity contribution < 1.29 is 13.9 Å². The van der Waals surface area contributed by atoms with E-state index in [0.29, 0.717) is 0 Å². The fraction of sp³-hybridized carbons (Fsp3) is 0. The summed E-state index contributed by atoms with van der Waals surface area (Å²) in [6.45, 7) is 0. The van der Waals surface area contributed by atoms with E-state index in [1.165, 1.54) is 0 Å². The molecule has 0 aromatic heterocycles. The molecule has 0 bridgehead atoms. The lowest BCUT2D eigenvalue weighted by atomic mass is 10.3. The Balaban J connectivity index is 3.12. The molecule has 86 valence electrons. The molecule has 0 heterocycles. The molecule has 6 nitrogen and oxygen atoms in total. The summed E-state index contributed by atoms with van der Waals surface area (Å²) < 4.78 is 25.5. The van der Waals surface area contributed by atoms with Crippen LogP contribution in [0.3, 0.4) is 0 Å². The second-order valence-corrected chi connectivity index (χ2v) is 2.77. The van der Waals surface area contributed by atoms with Crippen molar-refractivity contribution in [3.8, 4) is 5.75 Å². The van der Waals surface area contributed by atoms with Gasteiger partial charge in [-0.15, -0.1) is 0 Å². The summed E-state index contributed by atoms with van der Waals surface area (Å²) in [5, 5.41) is 8.97. The Morgan fingerprint density at radius 3 is 2.31 bits per heavy atom. The van der Waals surface area contributed by atoms with Gasteiger partial charge in [0, 0.05) is 12.1 Å². The minimum atomic E-state index is -1.36. The van der Waals surface area contributed by atoms with Crippen molar-refractivity contribution in [2.24, 2.45) is 27.2 Å². The van der Waals surface area contributed by atoms with Crippen molar-refractivity contribution in [2.75, 3.05) is 0 Å². The van der Waals surface area contributed by atoms with Crippen molar-refractivity contribution in [3.63, 3.8) is 0 Å². The van der Waals surface area contributed by atoms with E-state index in [4.69, 9.17) is 22.3 Å². The smallest absolute Gasteiger partial charge is 0.223 e. The minimum Gasteiger partial charge on any atom is -0.505 e. The van der Waals surface area contributed by atoms with Crippen molar-refractivity contribution in [2.45, 2.75) is 0 Å². The van der Waals surface area contributed by atoms with Crippen molar-refractivity contribution in [1.82, 2.24) is 0 Å². The molecule has 0 aliphatic heterocycles. The van der Waals surface area contributed by atoms with Crippen LogP contribution >= 0.6 is 0 Å². The lowest BCUT2D eigenvalue weighted by Crippen LogP contribution is -2.26. The zero-order chi connectivity index (χ0) is 12.3. The zero-order valence-corrected chi connectivity index (χ0v) is 7.98. The summed E-state index contributed by atoms with van der Waals surface area (Å²) in [6, 6.07) is 1.62. The van der Waals surface area contributed by atoms with Crippen LogP contribution < -0.4 is 17.2 Å². The number of hydrogen-bond donors (Lipinski definition) is 4. The van der Waals surface area contributed by atoms with Gasteiger partial charge >= 0.3 is 0 Å². The Morgan fingerprint density at radius 1 is 1.19 bits per heavy atom. The molecule has 0 saturated carbocycles. The number of rotatable bonds is 1. The highest BCUT2D eigenvalue weighted by Gasteiger charge is 2.09. The molecule has 16 heavy (non-hydrogen) atoms. The normalized spacial score (nSPS) is 11.2. The van der Waals surface area contributed by atoms with Crippen molar-refractivity contribution in [3.05, 3.63) is 23.8 Å². The maximum Gasteiger partial charge on any atom is 0.223 e. The summed E-state index contributed by atoms with van der Waals surface area (Å²) in [7, 11) is 0. The molecular weight excluding hydrogens is 220 g/mol. The molecule has 0 spiro atoms. The molecule has 0 atom stereocenters. The molecule has 0 amide bonds. The van der Waals surface area contributed by atoms with Gasteiger partial charge < -0.3 is 22.3 Å². The fourth-order valence-corrected chi connectivity index (χ4v) is 0.915. The van der Waals surface area contributed by atoms with Crippen LogP contribution in [0, 0.1) is 11.6 Å². The topological polar surface area (TPSA) is 123 Å². The number of phenols is 1. The number of nitrogens with two attached hydrogens (primary N) is 3. The first kappa shape index (κ1) is 11.7.